The predicted octanol–water partition coefficient (Wildman–Crippen LogP) is 6.37. The number of nitrogens with zero attached hydrogens (tertiary/aromatic N) is 2. The molecule has 1 N–H and O–H groups in total. The van der Waals surface area contributed by atoms with E-state index in [0.717, 1.165) is 21.3 Å². The van der Waals surface area contributed by atoms with Gasteiger partial charge in [0.05, 0.1) is 41.6 Å². The first kappa shape index (κ1) is 25.5. The van der Waals surface area contributed by atoms with Crippen molar-refractivity contribution in [1.82, 2.24) is 4.98 Å². The lowest BCUT2D eigenvalue weighted by molar-refractivity contribution is -0.132. The number of carbonyl (C=O) groups is 2. The molecule has 0 bridgehead atoms. The van der Waals surface area contributed by atoms with Gasteiger partial charge in [0.15, 0.2) is 5.13 Å². The lowest BCUT2D eigenvalue weighted by Crippen LogP contribution is -2.29. The third-order valence-corrected chi connectivity index (χ3v) is 7.76. The average molecular weight is 529 g/mol. The van der Waals surface area contributed by atoms with Gasteiger partial charge in [0.2, 0.25) is 0 Å². The highest BCUT2D eigenvalue weighted by molar-refractivity contribution is 7.22. The first-order valence-corrected chi connectivity index (χ1v) is 13.1. The van der Waals surface area contributed by atoms with E-state index in [-0.39, 0.29) is 16.9 Å². The van der Waals surface area contributed by atoms with Gasteiger partial charge in [-0.2, -0.15) is 0 Å². The number of rotatable bonds is 6. The molecule has 1 aliphatic rings. The number of hydrogen-bond acceptors (Lipinski definition) is 7. The third-order valence-electron chi connectivity index (χ3n) is 6.74. The maximum Gasteiger partial charge on any atom is 0.301 e. The third kappa shape index (κ3) is 4.31. The van der Waals surface area contributed by atoms with Crippen LogP contribution in [0.25, 0.3) is 16.0 Å². The van der Waals surface area contributed by atoms with Crippen LogP contribution in [0.1, 0.15) is 48.1 Å². The van der Waals surface area contributed by atoms with Crippen LogP contribution in [0, 0.1) is 6.92 Å². The molecule has 38 heavy (non-hydrogen) atoms. The molecule has 0 spiro atoms. The van der Waals surface area contributed by atoms with Gasteiger partial charge in [-0.15, -0.1) is 0 Å². The zero-order valence-corrected chi connectivity index (χ0v) is 22.6. The summed E-state index contributed by atoms with van der Waals surface area (Å²) >= 11 is 1.35. The highest BCUT2D eigenvalue weighted by Crippen LogP contribution is 2.45. The van der Waals surface area contributed by atoms with Crippen LogP contribution in [0.15, 0.2) is 66.2 Å². The smallest absolute Gasteiger partial charge is 0.301 e. The van der Waals surface area contributed by atoms with Gasteiger partial charge in [-0.05, 0) is 54.3 Å². The molecular weight excluding hydrogens is 500 g/mol. The number of benzene rings is 3. The van der Waals surface area contributed by atoms with Gasteiger partial charge in [0.1, 0.15) is 17.3 Å². The molecule has 0 saturated carbocycles. The molecule has 7 nitrogen and oxygen atoms in total. The minimum atomic E-state index is -0.879. The number of ketones is 1. The maximum absolute atomic E-state index is 13.6. The van der Waals surface area contributed by atoms with Gasteiger partial charge >= 0.3 is 5.91 Å². The minimum absolute atomic E-state index is 0.0331. The van der Waals surface area contributed by atoms with Crippen molar-refractivity contribution in [2.75, 3.05) is 19.1 Å². The predicted molar refractivity (Wildman–Crippen MR) is 149 cm³/mol. The van der Waals surface area contributed by atoms with Crippen LogP contribution in [0.2, 0.25) is 0 Å². The Morgan fingerprint density at radius 2 is 1.82 bits per heavy atom. The number of aliphatic hydroxyl groups excluding tert-OH is 1. The summed E-state index contributed by atoms with van der Waals surface area (Å²) < 4.78 is 11.7. The maximum atomic E-state index is 13.6. The van der Waals surface area contributed by atoms with E-state index in [9.17, 15) is 14.7 Å². The van der Waals surface area contributed by atoms with E-state index in [1.807, 2.05) is 43.3 Å². The van der Waals surface area contributed by atoms with Gasteiger partial charge in [-0.3, -0.25) is 14.5 Å². The van der Waals surface area contributed by atoms with Crippen molar-refractivity contribution in [2.45, 2.75) is 32.7 Å². The van der Waals surface area contributed by atoms with Crippen LogP contribution >= 0.6 is 11.3 Å². The number of thiazole rings is 1. The molecule has 1 fully saturated rings. The number of aryl methyl sites for hydroxylation is 1. The van der Waals surface area contributed by atoms with Crippen molar-refractivity contribution in [1.29, 1.82) is 0 Å². The van der Waals surface area contributed by atoms with Gasteiger partial charge < -0.3 is 14.6 Å². The first-order valence-electron chi connectivity index (χ1n) is 12.2. The van der Waals surface area contributed by atoms with E-state index < -0.39 is 17.7 Å². The molecule has 3 aromatic carbocycles. The van der Waals surface area contributed by atoms with Gasteiger partial charge in [-0.1, -0.05) is 61.1 Å². The molecule has 2 heterocycles. The molecule has 1 saturated heterocycles. The normalized spacial score (nSPS) is 17.0. The largest absolute Gasteiger partial charge is 0.507 e. The van der Waals surface area contributed by atoms with E-state index >= 15 is 0 Å². The standard InChI is InChI=1S/C30H28N2O5S/c1-16(2)18-9-11-22-24(14-18)38-30(31-22)32-26(19-8-6-7-17(3)13-19)25(28(34)29(32)35)27(33)21-15-20(36-4)10-12-23(21)37-5/h6-16,26,33H,1-5H3/b27-25+. The summed E-state index contributed by atoms with van der Waals surface area (Å²) in [7, 11) is 2.98. The van der Waals surface area contributed by atoms with Crippen molar-refractivity contribution < 1.29 is 24.2 Å². The van der Waals surface area contributed by atoms with Gasteiger partial charge in [-0.25, -0.2) is 4.98 Å². The highest BCUT2D eigenvalue weighted by atomic mass is 32.1. The number of anilines is 1. The Morgan fingerprint density at radius 1 is 1.03 bits per heavy atom. The Kier molecular flexibility index (Phi) is 6.67. The Bertz CT molecular complexity index is 1600. The number of amides is 1. The lowest BCUT2D eigenvalue weighted by atomic mass is 9.94. The van der Waals surface area contributed by atoms with Crippen molar-refractivity contribution in [3.05, 3.63) is 88.5 Å². The topological polar surface area (TPSA) is 89.0 Å². The Hall–Kier alpha value is -4.17. The lowest BCUT2D eigenvalue weighted by Gasteiger charge is -2.23. The van der Waals surface area contributed by atoms with Gasteiger partial charge in [0, 0.05) is 0 Å². The van der Waals surface area contributed by atoms with Crippen LogP contribution < -0.4 is 14.4 Å². The quantitative estimate of drug-likeness (QED) is 0.178. The van der Waals surface area contributed by atoms with Crippen LogP contribution in [-0.4, -0.2) is 36.0 Å². The molecule has 1 atom stereocenters. The fourth-order valence-corrected chi connectivity index (χ4v) is 5.76. The number of methoxy groups -OCH3 is 2. The van der Waals surface area contributed by atoms with E-state index in [4.69, 9.17) is 14.5 Å². The number of aliphatic hydroxyl groups is 1. The second-order valence-corrected chi connectivity index (χ2v) is 10.5. The number of hydrogen-bond donors (Lipinski definition) is 1. The molecule has 1 aliphatic heterocycles. The summed E-state index contributed by atoms with van der Waals surface area (Å²) in [5, 5.41) is 12.0. The molecule has 194 valence electrons. The fraction of sp³-hybridized carbons (Fsp3) is 0.233. The van der Waals surface area contributed by atoms with Crippen molar-refractivity contribution >= 4 is 44.1 Å². The summed E-state index contributed by atoms with van der Waals surface area (Å²) in [4.78, 5) is 33.3. The highest BCUT2D eigenvalue weighted by Gasteiger charge is 2.48. The zero-order valence-electron chi connectivity index (χ0n) is 21.8. The SMILES string of the molecule is COc1ccc(OC)c(/C(O)=C2\C(=O)C(=O)N(c3nc4ccc(C(C)C)cc4s3)C2c2cccc(C)c2)c1. The summed E-state index contributed by atoms with van der Waals surface area (Å²) in [6, 6.07) is 17.6. The number of Topliss-reactive ketones (excluding diaryl/α,β-unsaturated/α-hetero) is 1. The summed E-state index contributed by atoms with van der Waals surface area (Å²) in [6.07, 6.45) is 0. The number of ether oxygens (including phenoxy) is 2. The summed E-state index contributed by atoms with van der Waals surface area (Å²) in [6.45, 7) is 6.17. The van der Waals surface area contributed by atoms with E-state index in [2.05, 4.69) is 19.9 Å². The number of aromatic nitrogens is 1. The van der Waals surface area contributed by atoms with Gasteiger partial charge in [0.25, 0.3) is 5.78 Å². The Morgan fingerprint density at radius 3 is 2.50 bits per heavy atom. The van der Waals surface area contributed by atoms with Crippen LogP contribution in [0.5, 0.6) is 11.5 Å². The van der Waals surface area contributed by atoms with Crippen LogP contribution in [0.4, 0.5) is 5.13 Å². The fourth-order valence-electron chi connectivity index (χ4n) is 4.72. The van der Waals surface area contributed by atoms with Crippen LogP contribution in [0.3, 0.4) is 0 Å². The summed E-state index contributed by atoms with van der Waals surface area (Å²) in [5.41, 5.74) is 3.78. The Labute approximate surface area is 225 Å². The molecule has 8 heteroatoms. The van der Waals surface area contributed by atoms with E-state index in [1.54, 1.807) is 18.2 Å². The first-order chi connectivity index (χ1) is 18.2. The zero-order chi connectivity index (χ0) is 27.1. The second-order valence-electron chi connectivity index (χ2n) is 9.53. The Balaban J connectivity index is 1.74. The second kappa shape index (κ2) is 9.95. The number of fused-ring (bicyclic) bond motifs is 1. The minimum Gasteiger partial charge on any atom is -0.507 e. The van der Waals surface area contributed by atoms with Crippen molar-refractivity contribution in [2.24, 2.45) is 0 Å². The van der Waals surface area contributed by atoms with Crippen molar-refractivity contribution in [3.63, 3.8) is 0 Å². The molecule has 1 unspecified atom stereocenters. The molecular formula is C30H28N2O5S. The van der Waals surface area contributed by atoms with Crippen LogP contribution in [-0.2, 0) is 9.59 Å². The van der Waals surface area contributed by atoms with E-state index in [0.29, 0.717) is 28.1 Å². The molecule has 1 amide bonds. The summed E-state index contributed by atoms with van der Waals surface area (Å²) in [5.74, 6) is -0.718. The molecule has 5 rings (SSSR count). The number of carbonyl (C=O) groups excluding carboxylic acids is 2. The monoisotopic (exact) mass is 528 g/mol. The van der Waals surface area contributed by atoms with E-state index in [1.165, 1.54) is 30.5 Å². The van der Waals surface area contributed by atoms with Crippen molar-refractivity contribution in [3.8, 4) is 11.5 Å². The average Bonchev–Trinajstić information content (AvgIpc) is 3.45. The molecule has 0 aliphatic carbocycles. The molecule has 4 aromatic rings. The molecule has 0 radical (unpaired) electrons. The molecule has 1 aromatic heterocycles.